The van der Waals surface area contributed by atoms with Crippen molar-refractivity contribution in [3.05, 3.63) is 82.7 Å². The second-order valence-electron chi connectivity index (χ2n) is 8.70. The van der Waals surface area contributed by atoms with E-state index in [-0.39, 0.29) is 18.3 Å². The molecule has 9 nitrogen and oxygen atoms in total. The molecule has 2 aliphatic rings. The molecule has 1 fully saturated rings. The minimum atomic E-state index is -0.868. The van der Waals surface area contributed by atoms with E-state index in [0.29, 0.717) is 34.9 Å². The normalized spacial score (nSPS) is 17.6. The highest BCUT2D eigenvalue weighted by molar-refractivity contribution is 6.31. The van der Waals surface area contributed by atoms with E-state index in [2.05, 4.69) is 22.5 Å². The molecule has 0 bridgehead atoms. The Morgan fingerprint density at radius 1 is 1.22 bits per heavy atom. The lowest BCUT2D eigenvalue weighted by molar-refractivity contribution is -0.146. The Balaban J connectivity index is 1.37. The Morgan fingerprint density at radius 3 is 2.72 bits per heavy atom. The van der Waals surface area contributed by atoms with Crippen LogP contribution in [0.15, 0.2) is 66.5 Å². The van der Waals surface area contributed by atoms with Crippen LogP contribution in [-0.4, -0.2) is 41.7 Å². The molecule has 4 rings (SSSR count). The fourth-order valence-corrected chi connectivity index (χ4v) is 4.17. The number of carbonyl (C=O) groups excluding carboxylic acids is 4. The number of carbonyl (C=O) groups is 4. The summed E-state index contributed by atoms with van der Waals surface area (Å²) in [5.74, 6) is -1.53. The van der Waals surface area contributed by atoms with E-state index < -0.39 is 23.8 Å². The van der Waals surface area contributed by atoms with Crippen LogP contribution in [0.2, 0.25) is 5.02 Å². The molecule has 0 aromatic heterocycles. The molecule has 5 amide bonds. The molecule has 186 valence electrons. The molecule has 10 heteroatoms. The van der Waals surface area contributed by atoms with Crippen molar-refractivity contribution < 1.29 is 19.2 Å². The fourth-order valence-electron chi connectivity index (χ4n) is 4.00. The van der Waals surface area contributed by atoms with E-state index >= 15 is 0 Å². The fraction of sp³-hybridized carbons (Fsp3) is 0.231. The van der Waals surface area contributed by atoms with Crippen molar-refractivity contribution in [3.63, 3.8) is 0 Å². The van der Waals surface area contributed by atoms with Gasteiger partial charge >= 0.3 is 6.03 Å². The standard InChI is InChI=1S/C26H26ClN5O4/c1-15-7-9-19(12-20(15)27)31(3)26(36)28-14-17-5-4-6-18(11-17)30-21-13-23(33)32(25(21)35)22-10-8-16(2)29-24(22)34/h4-7,9,11-13,22,30H,2,8,10,14H2,1,3H3,(H,28,36)(H,29,34). The van der Waals surface area contributed by atoms with Crippen molar-refractivity contribution in [1.82, 2.24) is 15.5 Å². The monoisotopic (exact) mass is 507 g/mol. The summed E-state index contributed by atoms with van der Waals surface area (Å²) in [4.78, 5) is 52.7. The highest BCUT2D eigenvalue weighted by Gasteiger charge is 2.41. The molecule has 36 heavy (non-hydrogen) atoms. The average Bonchev–Trinajstić information content (AvgIpc) is 3.11. The summed E-state index contributed by atoms with van der Waals surface area (Å²) in [5, 5.41) is 8.99. The smallest absolute Gasteiger partial charge is 0.321 e. The molecule has 2 aromatic rings. The minimum Gasteiger partial charge on any atom is -0.351 e. The summed E-state index contributed by atoms with van der Waals surface area (Å²) in [6.45, 7) is 5.85. The Hall–Kier alpha value is -4.11. The molecule has 3 N–H and O–H groups in total. The number of urea groups is 1. The van der Waals surface area contributed by atoms with Gasteiger partial charge in [-0.1, -0.05) is 36.4 Å². The van der Waals surface area contributed by atoms with Gasteiger partial charge in [0.25, 0.3) is 11.8 Å². The number of rotatable bonds is 6. The number of imide groups is 1. The molecule has 0 saturated carbocycles. The molecule has 2 aliphatic heterocycles. The number of hydrogen-bond donors (Lipinski definition) is 3. The van der Waals surface area contributed by atoms with Gasteiger partial charge in [0.15, 0.2) is 0 Å². The quantitative estimate of drug-likeness (QED) is 0.519. The molecule has 2 heterocycles. The van der Waals surface area contributed by atoms with E-state index in [1.165, 1.54) is 11.0 Å². The number of halogens is 1. The molecule has 1 atom stereocenters. The molecule has 1 unspecified atom stereocenters. The van der Waals surface area contributed by atoms with Gasteiger partial charge in [-0.25, -0.2) is 4.79 Å². The summed E-state index contributed by atoms with van der Waals surface area (Å²) in [7, 11) is 1.65. The van der Waals surface area contributed by atoms with Crippen LogP contribution in [0, 0.1) is 6.92 Å². The van der Waals surface area contributed by atoms with Gasteiger partial charge in [-0.2, -0.15) is 0 Å². The maximum Gasteiger partial charge on any atom is 0.321 e. The summed E-state index contributed by atoms with van der Waals surface area (Å²) in [6, 6.07) is 11.3. The Morgan fingerprint density at radius 2 is 2.00 bits per heavy atom. The van der Waals surface area contributed by atoms with Crippen LogP contribution in [-0.2, 0) is 20.9 Å². The second kappa shape index (κ2) is 10.2. The highest BCUT2D eigenvalue weighted by Crippen LogP contribution is 2.25. The number of aryl methyl sites for hydroxylation is 1. The van der Waals surface area contributed by atoms with Crippen LogP contribution in [0.25, 0.3) is 0 Å². The lowest BCUT2D eigenvalue weighted by Crippen LogP contribution is -2.52. The zero-order valence-corrected chi connectivity index (χ0v) is 20.7. The van der Waals surface area contributed by atoms with Gasteiger partial charge in [-0.15, -0.1) is 0 Å². The summed E-state index contributed by atoms with van der Waals surface area (Å²) >= 11 is 6.17. The summed E-state index contributed by atoms with van der Waals surface area (Å²) in [6.07, 6.45) is 2.02. The van der Waals surface area contributed by atoms with Crippen LogP contribution < -0.4 is 20.9 Å². The van der Waals surface area contributed by atoms with E-state index in [0.717, 1.165) is 16.0 Å². The van der Waals surface area contributed by atoms with Crippen LogP contribution >= 0.6 is 11.6 Å². The first kappa shape index (κ1) is 25.0. The molecule has 0 spiro atoms. The topological polar surface area (TPSA) is 111 Å². The Labute approximate surface area is 213 Å². The molecule has 2 aromatic carbocycles. The average molecular weight is 508 g/mol. The first-order valence-electron chi connectivity index (χ1n) is 11.4. The number of nitrogens with zero attached hydrogens (tertiary/aromatic N) is 2. The van der Waals surface area contributed by atoms with Gasteiger partial charge in [0.1, 0.15) is 11.7 Å². The van der Waals surface area contributed by atoms with Gasteiger partial charge in [-0.3, -0.25) is 24.2 Å². The Bertz CT molecular complexity index is 1300. The summed E-state index contributed by atoms with van der Waals surface area (Å²) < 4.78 is 0. The van der Waals surface area contributed by atoms with Crippen LogP contribution in [0.1, 0.15) is 24.0 Å². The lowest BCUT2D eigenvalue weighted by Gasteiger charge is -2.29. The first-order valence-corrected chi connectivity index (χ1v) is 11.7. The third kappa shape index (κ3) is 5.26. The number of allylic oxidation sites excluding steroid dienone is 1. The van der Waals surface area contributed by atoms with Gasteiger partial charge in [-0.05, 0) is 55.2 Å². The maximum atomic E-state index is 12.9. The minimum absolute atomic E-state index is 0.0781. The first-order chi connectivity index (χ1) is 17.1. The summed E-state index contributed by atoms with van der Waals surface area (Å²) in [5.41, 5.74) is 3.58. The number of nitrogens with one attached hydrogen (secondary N) is 3. The van der Waals surface area contributed by atoms with Crippen LogP contribution in [0.4, 0.5) is 16.2 Å². The molecular formula is C26H26ClN5O4. The second-order valence-corrected chi connectivity index (χ2v) is 9.10. The van der Waals surface area contributed by atoms with Crippen LogP contribution in [0.5, 0.6) is 0 Å². The zero-order valence-electron chi connectivity index (χ0n) is 19.9. The van der Waals surface area contributed by atoms with Crippen molar-refractivity contribution in [3.8, 4) is 0 Å². The van der Waals surface area contributed by atoms with Gasteiger partial charge in [0.05, 0.1) is 0 Å². The molecular weight excluding hydrogens is 482 g/mol. The van der Waals surface area contributed by atoms with Crippen molar-refractivity contribution in [2.75, 3.05) is 17.3 Å². The van der Waals surface area contributed by atoms with Gasteiger partial charge in [0, 0.05) is 41.8 Å². The molecule has 1 saturated heterocycles. The van der Waals surface area contributed by atoms with E-state index in [9.17, 15) is 19.2 Å². The van der Waals surface area contributed by atoms with Crippen molar-refractivity contribution in [2.45, 2.75) is 32.4 Å². The van der Waals surface area contributed by atoms with Gasteiger partial charge in [0.2, 0.25) is 5.91 Å². The Kier molecular flexibility index (Phi) is 7.12. The van der Waals surface area contributed by atoms with E-state index in [1.54, 1.807) is 31.3 Å². The maximum absolute atomic E-state index is 12.9. The highest BCUT2D eigenvalue weighted by atomic mass is 35.5. The lowest BCUT2D eigenvalue weighted by atomic mass is 10.0. The van der Waals surface area contributed by atoms with Crippen molar-refractivity contribution in [2.24, 2.45) is 0 Å². The number of benzene rings is 2. The third-order valence-electron chi connectivity index (χ3n) is 6.09. The predicted molar refractivity (Wildman–Crippen MR) is 137 cm³/mol. The number of piperidine rings is 1. The van der Waals surface area contributed by atoms with Crippen molar-refractivity contribution in [1.29, 1.82) is 0 Å². The number of hydrogen-bond acceptors (Lipinski definition) is 5. The molecule has 0 aliphatic carbocycles. The number of anilines is 2. The number of amides is 5. The molecule has 0 radical (unpaired) electrons. The predicted octanol–water partition coefficient (Wildman–Crippen LogP) is 3.45. The van der Waals surface area contributed by atoms with Gasteiger partial charge < -0.3 is 16.0 Å². The largest absolute Gasteiger partial charge is 0.351 e. The van der Waals surface area contributed by atoms with Crippen LogP contribution in [0.3, 0.4) is 0 Å². The third-order valence-corrected chi connectivity index (χ3v) is 6.49. The van der Waals surface area contributed by atoms with E-state index in [1.807, 2.05) is 25.1 Å². The zero-order chi connectivity index (χ0) is 26.0. The van der Waals surface area contributed by atoms with Crippen molar-refractivity contribution >= 4 is 46.7 Å². The van der Waals surface area contributed by atoms with E-state index in [4.69, 9.17) is 11.6 Å². The SMILES string of the molecule is C=C1CCC(N2C(=O)C=C(Nc3cccc(CNC(=O)N(C)c4ccc(C)c(Cl)c4)c3)C2=O)C(=O)N1.